The van der Waals surface area contributed by atoms with Crippen molar-refractivity contribution in [2.45, 2.75) is 32.7 Å². The van der Waals surface area contributed by atoms with Gasteiger partial charge in [-0.15, -0.1) is 0 Å². The number of amides is 4. The highest BCUT2D eigenvalue weighted by Crippen LogP contribution is 1.89. The maximum atomic E-state index is 11.4. The Morgan fingerprint density at radius 2 is 1.81 bits per heavy atom. The van der Waals surface area contributed by atoms with E-state index in [0.29, 0.717) is 0 Å². The van der Waals surface area contributed by atoms with Crippen molar-refractivity contribution in [2.75, 3.05) is 19.8 Å². The summed E-state index contributed by atoms with van der Waals surface area (Å²) in [4.78, 5) is 43.9. The number of ether oxygens (including phenoxy) is 1. The number of hydrogen-bond acceptors (Lipinski definition) is 5. The average molecular weight is 303 g/mol. The SMILES string of the molecule is CCC(C)NC(=O)CCNC(=O)NC(=O)COCC(=O)O. The molecule has 0 rings (SSSR count). The van der Waals surface area contributed by atoms with Crippen LogP contribution in [-0.4, -0.2) is 54.7 Å². The van der Waals surface area contributed by atoms with Gasteiger partial charge in [0.05, 0.1) is 0 Å². The second-order valence-corrected chi connectivity index (χ2v) is 4.32. The quantitative estimate of drug-likeness (QED) is 0.441. The molecule has 120 valence electrons. The molecule has 1 unspecified atom stereocenters. The zero-order valence-electron chi connectivity index (χ0n) is 12.1. The fraction of sp³-hybridized carbons (Fsp3) is 0.667. The summed E-state index contributed by atoms with van der Waals surface area (Å²) in [5, 5.41) is 15.3. The molecule has 0 saturated carbocycles. The molecule has 0 aromatic heterocycles. The van der Waals surface area contributed by atoms with Gasteiger partial charge in [0.2, 0.25) is 5.91 Å². The smallest absolute Gasteiger partial charge is 0.329 e. The molecular weight excluding hydrogens is 282 g/mol. The number of carboxylic acids is 1. The van der Waals surface area contributed by atoms with Gasteiger partial charge < -0.3 is 20.5 Å². The van der Waals surface area contributed by atoms with Crippen LogP contribution >= 0.6 is 0 Å². The van der Waals surface area contributed by atoms with E-state index >= 15 is 0 Å². The van der Waals surface area contributed by atoms with Crippen molar-refractivity contribution in [1.82, 2.24) is 16.0 Å². The van der Waals surface area contributed by atoms with Crippen molar-refractivity contribution in [3.8, 4) is 0 Å². The first kappa shape index (κ1) is 18.8. The molecule has 0 radical (unpaired) electrons. The first-order chi connectivity index (χ1) is 9.85. The van der Waals surface area contributed by atoms with Crippen molar-refractivity contribution in [1.29, 1.82) is 0 Å². The highest BCUT2D eigenvalue weighted by atomic mass is 16.5. The first-order valence-corrected chi connectivity index (χ1v) is 6.51. The maximum Gasteiger partial charge on any atom is 0.329 e. The van der Waals surface area contributed by atoms with Crippen LogP contribution in [0.15, 0.2) is 0 Å². The predicted octanol–water partition coefficient (Wildman–Crippen LogP) is -0.782. The van der Waals surface area contributed by atoms with Crippen LogP contribution in [0.2, 0.25) is 0 Å². The first-order valence-electron chi connectivity index (χ1n) is 6.51. The Labute approximate surface area is 122 Å². The van der Waals surface area contributed by atoms with Crippen LogP contribution in [0.1, 0.15) is 26.7 Å². The van der Waals surface area contributed by atoms with Gasteiger partial charge in [0, 0.05) is 19.0 Å². The van der Waals surface area contributed by atoms with Gasteiger partial charge in [-0.2, -0.15) is 0 Å². The lowest BCUT2D eigenvalue weighted by Crippen LogP contribution is -2.43. The van der Waals surface area contributed by atoms with Gasteiger partial charge in [-0.25, -0.2) is 9.59 Å². The number of imide groups is 1. The molecule has 0 saturated heterocycles. The van der Waals surface area contributed by atoms with Gasteiger partial charge in [0.15, 0.2) is 0 Å². The number of hydrogen-bond donors (Lipinski definition) is 4. The maximum absolute atomic E-state index is 11.4. The lowest BCUT2D eigenvalue weighted by molar-refractivity contribution is -0.143. The second-order valence-electron chi connectivity index (χ2n) is 4.32. The Hall–Kier alpha value is -2.16. The van der Waals surface area contributed by atoms with Gasteiger partial charge in [-0.3, -0.25) is 14.9 Å². The fourth-order valence-electron chi connectivity index (χ4n) is 1.18. The lowest BCUT2D eigenvalue weighted by Gasteiger charge is -2.11. The topological polar surface area (TPSA) is 134 Å². The number of aliphatic carboxylic acids is 1. The van der Waals surface area contributed by atoms with E-state index in [9.17, 15) is 19.2 Å². The summed E-state index contributed by atoms with van der Waals surface area (Å²) in [6.07, 6.45) is 0.909. The van der Waals surface area contributed by atoms with Gasteiger partial charge >= 0.3 is 12.0 Å². The average Bonchev–Trinajstić information content (AvgIpc) is 2.37. The third kappa shape index (κ3) is 11.4. The molecule has 9 nitrogen and oxygen atoms in total. The molecule has 4 amide bonds. The number of rotatable bonds is 9. The molecule has 0 aliphatic carbocycles. The van der Waals surface area contributed by atoms with E-state index in [1.165, 1.54) is 0 Å². The van der Waals surface area contributed by atoms with E-state index < -0.39 is 31.1 Å². The summed E-state index contributed by atoms with van der Waals surface area (Å²) in [7, 11) is 0. The van der Waals surface area contributed by atoms with Crippen LogP contribution in [0.3, 0.4) is 0 Å². The summed E-state index contributed by atoms with van der Waals surface area (Å²) in [5.74, 6) is -2.17. The molecule has 4 N–H and O–H groups in total. The fourth-order valence-corrected chi connectivity index (χ4v) is 1.18. The molecule has 9 heteroatoms. The van der Waals surface area contributed by atoms with E-state index in [2.05, 4.69) is 15.4 Å². The van der Waals surface area contributed by atoms with Crippen LogP contribution in [0, 0.1) is 0 Å². The summed E-state index contributed by atoms with van der Waals surface area (Å²) < 4.78 is 4.50. The van der Waals surface area contributed by atoms with Crippen molar-refractivity contribution >= 4 is 23.8 Å². The molecule has 0 aromatic carbocycles. The number of urea groups is 1. The minimum absolute atomic E-state index is 0.0688. The van der Waals surface area contributed by atoms with Gasteiger partial charge in [-0.1, -0.05) is 6.92 Å². The Balaban J connectivity index is 3.72. The molecular formula is C12H21N3O6. The van der Waals surface area contributed by atoms with Crippen molar-refractivity contribution in [3.05, 3.63) is 0 Å². The third-order valence-corrected chi connectivity index (χ3v) is 2.37. The molecule has 21 heavy (non-hydrogen) atoms. The monoisotopic (exact) mass is 303 g/mol. The van der Waals surface area contributed by atoms with Crippen LogP contribution < -0.4 is 16.0 Å². The number of carbonyl (C=O) groups excluding carboxylic acids is 3. The summed E-state index contributed by atoms with van der Waals surface area (Å²) >= 11 is 0. The minimum atomic E-state index is -1.21. The van der Waals surface area contributed by atoms with Crippen molar-refractivity contribution in [3.63, 3.8) is 0 Å². The lowest BCUT2D eigenvalue weighted by atomic mass is 10.2. The molecule has 0 bridgehead atoms. The van der Waals surface area contributed by atoms with Crippen LogP contribution in [0.25, 0.3) is 0 Å². The molecule has 0 aliphatic heterocycles. The third-order valence-electron chi connectivity index (χ3n) is 2.37. The predicted molar refractivity (Wildman–Crippen MR) is 72.5 cm³/mol. The summed E-state index contributed by atoms with van der Waals surface area (Å²) in [6.45, 7) is 2.74. The van der Waals surface area contributed by atoms with Crippen LogP contribution in [-0.2, 0) is 19.1 Å². The van der Waals surface area contributed by atoms with E-state index in [4.69, 9.17) is 5.11 Å². The zero-order chi connectivity index (χ0) is 16.3. The highest BCUT2D eigenvalue weighted by Gasteiger charge is 2.10. The largest absolute Gasteiger partial charge is 0.480 e. The number of carboxylic acid groups (broad SMARTS) is 1. The molecule has 0 fully saturated rings. The Kier molecular flexibility index (Phi) is 9.52. The standard InChI is InChI=1S/C12H21N3O6/c1-3-8(2)14-9(16)4-5-13-12(20)15-10(17)6-21-7-11(18)19/h8H,3-7H2,1-2H3,(H,14,16)(H,18,19)(H2,13,15,17,20). The molecule has 1 atom stereocenters. The number of carbonyl (C=O) groups is 4. The number of nitrogens with one attached hydrogen (secondary N) is 3. The summed E-state index contributed by atoms with van der Waals surface area (Å²) in [6, 6.07) is -0.699. The minimum Gasteiger partial charge on any atom is -0.480 e. The van der Waals surface area contributed by atoms with E-state index in [1.54, 1.807) is 0 Å². The molecule has 0 spiro atoms. The van der Waals surface area contributed by atoms with E-state index in [0.717, 1.165) is 6.42 Å². The highest BCUT2D eigenvalue weighted by molar-refractivity contribution is 5.95. The van der Waals surface area contributed by atoms with Gasteiger partial charge in [0.25, 0.3) is 5.91 Å². The second kappa shape index (κ2) is 10.6. The van der Waals surface area contributed by atoms with E-state index in [-0.39, 0.29) is 24.9 Å². The van der Waals surface area contributed by atoms with E-state index in [1.807, 2.05) is 19.2 Å². The van der Waals surface area contributed by atoms with Crippen LogP contribution in [0.5, 0.6) is 0 Å². The summed E-state index contributed by atoms with van der Waals surface area (Å²) in [5.41, 5.74) is 0. The van der Waals surface area contributed by atoms with Gasteiger partial charge in [0.1, 0.15) is 13.2 Å². The van der Waals surface area contributed by atoms with Crippen molar-refractivity contribution in [2.24, 2.45) is 0 Å². The van der Waals surface area contributed by atoms with Crippen molar-refractivity contribution < 1.29 is 29.0 Å². The Morgan fingerprint density at radius 1 is 1.14 bits per heavy atom. The molecule has 0 aliphatic rings. The Morgan fingerprint density at radius 3 is 2.38 bits per heavy atom. The zero-order valence-corrected chi connectivity index (χ0v) is 12.1. The Bertz CT molecular complexity index is 385. The molecule has 0 heterocycles. The normalized spacial score (nSPS) is 11.3. The molecule has 0 aromatic rings. The van der Waals surface area contributed by atoms with Crippen LogP contribution in [0.4, 0.5) is 4.79 Å². The van der Waals surface area contributed by atoms with Gasteiger partial charge in [-0.05, 0) is 13.3 Å².